The molecule has 4 aromatic heterocycles. The van der Waals surface area contributed by atoms with Crippen molar-refractivity contribution in [3.8, 4) is 39.9 Å². The van der Waals surface area contributed by atoms with Gasteiger partial charge in [0.05, 0.1) is 16.7 Å². The first-order valence-electron chi connectivity index (χ1n) is 21.2. The zero-order chi connectivity index (χ0) is 41.2. The third kappa shape index (κ3) is 5.19. The van der Waals surface area contributed by atoms with Crippen LogP contribution in [-0.2, 0) is 0 Å². The van der Waals surface area contributed by atoms with Crippen LogP contribution in [0.15, 0.2) is 199 Å². The zero-order valence-corrected chi connectivity index (χ0v) is 34.4. The van der Waals surface area contributed by atoms with Gasteiger partial charge in [0.25, 0.3) is 0 Å². The Labute approximate surface area is 363 Å². The number of furan rings is 1. The van der Waals surface area contributed by atoms with Crippen molar-refractivity contribution in [1.82, 2.24) is 19.5 Å². The topological polar surface area (TPSA) is 56.7 Å². The van der Waals surface area contributed by atoms with E-state index in [1.807, 2.05) is 18.2 Å². The Kier molecular flexibility index (Phi) is 7.21. The first kappa shape index (κ1) is 34.5. The number of aromatic nitrogens is 4. The number of thiophene rings is 1. The second-order valence-electron chi connectivity index (χ2n) is 16.4. The molecular formula is C57H32N4OS. The van der Waals surface area contributed by atoms with Gasteiger partial charge in [-0.15, -0.1) is 11.3 Å². The number of hydrogen-bond donors (Lipinski definition) is 0. The summed E-state index contributed by atoms with van der Waals surface area (Å²) in [5.41, 5.74) is 7.87. The fraction of sp³-hybridized carbons (Fsp3) is 0. The molecule has 6 heteroatoms. The van der Waals surface area contributed by atoms with Crippen molar-refractivity contribution in [3.05, 3.63) is 194 Å². The second-order valence-corrected chi connectivity index (χ2v) is 17.4. The molecule has 0 aliphatic heterocycles. The summed E-state index contributed by atoms with van der Waals surface area (Å²) in [4.78, 5) is 15.5. The molecule has 0 spiro atoms. The second kappa shape index (κ2) is 13.2. The minimum absolute atomic E-state index is 0.592. The van der Waals surface area contributed by atoms with E-state index in [2.05, 4.69) is 180 Å². The molecule has 10 aromatic carbocycles. The minimum Gasteiger partial charge on any atom is -0.455 e. The smallest absolute Gasteiger partial charge is 0.165 e. The van der Waals surface area contributed by atoms with E-state index in [0.717, 1.165) is 59.8 Å². The van der Waals surface area contributed by atoms with E-state index in [1.165, 1.54) is 58.8 Å². The van der Waals surface area contributed by atoms with Gasteiger partial charge in [0, 0.05) is 69.2 Å². The monoisotopic (exact) mass is 820 g/mol. The predicted octanol–water partition coefficient (Wildman–Crippen LogP) is 15.7. The van der Waals surface area contributed by atoms with Gasteiger partial charge in [-0.25, -0.2) is 15.0 Å². The summed E-state index contributed by atoms with van der Waals surface area (Å²) in [5.74, 6) is 1.86. The fourth-order valence-electron chi connectivity index (χ4n) is 9.82. The number of rotatable bonds is 4. The summed E-state index contributed by atoms with van der Waals surface area (Å²) in [5, 5.41) is 14.1. The summed E-state index contributed by atoms with van der Waals surface area (Å²) in [6.45, 7) is 0. The molecule has 0 atom stereocenters. The van der Waals surface area contributed by atoms with E-state index in [0.29, 0.717) is 17.5 Å². The number of hydrogen-bond acceptors (Lipinski definition) is 5. The van der Waals surface area contributed by atoms with Gasteiger partial charge < -0.3 is 8.98 Å². The minimum atomic E-state index is 0.592. The Bertz CT molecular complexity index is 4130. The van der Waals surface area contributed by atoms with Crippen LogP contribution in [0.25, 0.3) is 136 Å². The van der Waals surface area contributed by atoms with E-state index in [1.54, 1.807) is 11.3 Å². The molecule has 0 radical (unpaired) electrons. The molecule has 0 aliphatic carbocycles. The molecule has 14 aromatic rings. The van der Waals surface area contributed by atoms with Gasteiger partial charge in [-0.3, -0.25) is 0 Å². The van der Waals surface area contributed by atoms with Crippen molar-refractivity contribution in [2.45, 2.75) is 0 Å². The highest BCUT2D eigenvalue weighted by Gasteiger charge is 2.22. The van der Waals surface area contributed by atoms with Crippen molar-refractivity contribution in [2.75, 3.05) is 0 Å². The Morgan fingerprint density at radius 3 is 1.70 bits per heavy atom. The first-order valence-corrected chi connectivity index (χ1v) is 22.0. The van der Waals surface area contributed by atoms with Crippen LogP contribution in [0.4, 0.5) is 0 Å². The normalized spacial score (nSPS) is 12.1. The van der Waals surface area contributed by atoms with Gasteiger partial charge in [-0.2, -0.15) is 0 Å². The van der Waals surface area contributed by atoms with Crippen LogP contribution >= 0.6 is 11.3 Å². The Morgan fingerprint density at radius 2 is 0.968 bits per heavy atom. The summed E-state index contributed by atoms with van der Waals surface area (Å²) in [6.07, 6.45) is 0. The largest absolute Gasteiger partial charge is 0.455 e. The summed E-state index contributed by atoms with van der Waals surface area (Å²) in [7, 11) is 0. The van der Waals surface area contributed by atoms with E-state index >= 15 is 0 Å². The van der Waals surface area contributed by atoms with Crippen LogP contribution in [0.5, 0.6) is 0 Å². The van der Waals surface area contributed by atoms with Gasteiger partial charge >= 0.3 is 0 Å². The lowest BCUT2D eigenvalue weighted by molar-refractivity contribution is 0.672. The zero-order valence-electron chi connectivity index (χ0n) is 33.6. The van der Waals surface area contributed by atoms with Crippen molar-refractivity contribution in [2.24, 2.45) is 0 Å². The van der Waals surface area contributed by atoms with Crippen LogP contribution in [0, 0.1) is 0 Å². The predicted molar refractivity (Wildman–Crippen MR) is 263 cm³/mol. The van der Waals surface area contributed by atoms with Gasteiger partial charge in [0.15, 0.2) is 17.5 Å². The highest BCUT2D eigenvalue weighted by molar-refractivity contribution is 7.26. The third-order valence-corrected chi connectivity index (χ3v) is 14.0. The molecule has 14 rings (SSSR count). The third-order valence-electron chi connectivity index (χ3n) is 12.8. The van der Waals surface area contributed by atoms with Gasteiger partial charge in [-0.05, 0) is 76.1 Å². The molecule has 0 fully saturated rings. The fourth-order valence-corrected chi connectivity index (χ4v) is 11.0. The average molecular weight is 821 g/mol. The molecule has 0 saturated heterocycles. The molecule has 0 aliphatic rings. The van der Waals surface area contributed by atoms with E-state index in [9.17, 15) is 0 Å². The van der Waals surface area contributed by atoms with Crippen LogP contribution in [0.1, 0.15) is 0 Å². The molecule has 63 heavy (non-hydrogen) atoms. The number of fused-ring (bicyclic) bond motifs is 13. The van der Waals surface area contributed by atoms with Gasteiger partial charge in [0.1, 0.15) is 11.2 Å². The lowest BCUT2D eigenvalue weighted by Gasteiger charge is -2.13. The Balaban J connectivity index is 0.999. The lowest BCUT2D eigenvalue weighted by Crippen LogP contribution is -2.00. The van der Waals surface area contributed by atoms with Crippen LogP contribution in [0.3, 0.4) is 0 Å². The average Bonchev–Trinajstić information content (AvgIpc) is 4.01. The highest BCUT2D eigenvalue weighted by Crippen LogP contribution is 2.44. The quantitative estimate of drug-likeness (QED) is 0.177. The number of nitrogens with zero attached hydrogens (tertiary/aromatic N) is 4. The maximum Gasteiger partial charge on any atom is 0.165 e. The molecule has 5 nitrogen and oxygen atoms in total. The molecule has 0 unspecified atom stereocenters. The molecule has 0 amide bonds. The molecule has 4 heterocycles. The van der Waals surface area contributed by atoms with E-state index in [4.69, 9.17) is 19.4 Å². The summed E-state index contributed by atoms with van der Waals surface area (Å²) < 4.78 is 11.8. The van der Waals surface area contributed by atoms with Crippen LogP contribution in [0.2, 0.25) is 0 Å². The van der Waals surface area contributed by atoms with Crippen molar-refractivity contribution in [3.63, 3.8) is 0 Å². The molecular weight excluding hydrogens is 789 g/mol. The molecule has 0 saturated carbocycles. The lowest BCUT2D eigenvalue weighted by atomic mass is 10.0. The number of benzene rings is 10. The Hall–Kier alpha value is -8.19. The summed E-state index contributed by atoms with van der Waals surface area (Å²) in [6, 6.07) is 69.2. The van der Waals surface area contributed by atoms with E-state index in [-0.39, 0.29) is 0 Å². The molecule has 0 bridgehead atoms. The maximum absolute atomic E-state index is 6.93. The summed E-state index contributed by atoms with van der Waals surface area (Å²) >= 11 is 1.78. The van der Waals surface area contributed by atoms with Crippen LogP contribution < -0.4 is 0 Å². The van der Waals surface area contributed by atoms with Crippen molar-refractivity contribution < 1.29 is 4.42 Å². The Morgan fingerprint density at radius 1 is 0.381 bits per heavy atom. The van der Waals surface area contributed by atoms with Crippen molar-refractivity contribution in [1.29, 1.82) is 0 Å². The maximum atomic E-state index is 6.93. The molecule has 0 N–H and O–H groups in total. The van der Waals surface area contributed by atoms with Crippen LogP contribution in [-0.4, -0.2) is 19.5 Å². The van der Waals surface area contributed by atoms with Crippen molar-refractivity contribution >= 4 is 108 Å². The molecule has 292 valence electrons. The van der Waals surface area contributed by atoms with Gasteiger partial charge in [-0.1, -0.05) is 140 Å². The van der Waals surface area contributed by atoms with Gasteiger partial charge in [0.2, 0.25) is 0 Å². The standard InChI is InChI=1S/C57H32N4OS/c1-2-13-33(14-3-1)55-58-56(60-57(59-55)44-23-12-22-43-41-20-10-11-24-52(41)63-54(43)44)38-25-26-40-47-32-50(39-19-8-9-21-42(39)53(47)62-51(40)31-38)61-48-29-36-17-6-4-15-34(36)27-45(48)46-28-35-16-5-7-18-37(35)30-49(46)61/h1-32H. The SMILES string of the molecule is c1ccc(-c2nc(-c3ccc4c(c3)oc3c5ccccc5c(-n5c6cc7ccccc7cc6c6cc7ccccc7cc65)cc43)nc(-c3cccc4c3sc3ccccc34)n2)cc1. The first-order chi connectivity index (χ1) is 31.2. The van der Waals surface area contributed by atoms with E-state index < -0.39 is 0 Å². The highest BCUT2D eigenvalue weighted by atomic mass is 32.1.